The summed E-state index contributed by atoms with van der Waals surface area (Å²) < 4.78 is 93.2. The summed E-state index contributed by atoms with van der Waals surface area (Å²) >= 11 is 0. The van der Waals surface area contributed by atoms with Gasteiger partial charge in [-0.2, -0.15) is 26.3 Å². The van der Waals surface area contributed by atoms with Crippen molar-refractivity contribution < 1.29 is 26.3 Å². The Hall–Kier alpha value is -5.50. The van der Waals surface area contributed by atoms with Gasteiger partial charge in [-0.15, -0.1) is 0 Å². The lowest BCUT2D eigenvalue weighted by molar-refractivity contribution is -0.138. The molecule has 2 heterocycles. The van der Waals surface area contributed by atoms with Crippen LogP contribution in [0.4, 0.5) is 26.3 Å². The molecule has 0 aliphatic heterocycles. The molecule has 0 N–H and O–H groups in total. The average Bonchev–Trinajstić information content (AvgIpc) is 3.58. The van der Waals surface area contributed by atoms with Crippen LogP contribution in [0.15, 0.2) is 121 Å². The number of para-hydroxylation sites is 4. The summed E-state index contributed by atoms with van der Waals surface area (Å²) in [5, 5.41) is 3.12. The quantitative estimate of drug-likeness (QED) is 0.169. The SMILES string of the molecule is Cc1cccc2c3ccccc3n(-c3cc(C(F)(F)F)cc(-n4c5ccccc5c5cccc(C)c54)c3-c3ccccc3C(F)(F)F)c12. The molecule has 0 radical (unpaired) electrons. The standard InChI is InChI=1S/C40H26F6N2/c1-23-11-9-16-28-26-13-4-7-19-32(26)47(37(23)28)34-21-25(39(41,42)43)22-35(36(34)30-15-3-6-18-31(30)40(44,45)46)48-33-20-8-5-14-27(33)29-17-10-12-24(2)38(29)48/h3-22H,1-2H3. The highest BCUT2D eigenvalue weighted by atomic mass is 19.4. The smallest absolute Gasteiger partial charge is 0.308 e. The summed E-state index contributed by atoms with van der Waals surface area (Å²) in [6.45, 7) is 3.71. The van der Waals surface area contributed by atoms with E-state index in [4.69, 9.17) is 0 Å². The highest BCUT2D eigenvalue weighted by Crippen LogP contribution is 2.48. The van der Waals surface area contributed by atoms with Crippen LogP contribution in [0.1, 0.15) is 22.3 Å². The zero-order valence-electron chi connectivity index (χ0n) is 25.7. The van der Waals surface area contributed by atoms with Crippen molar-refractivity contribution in [1.82, 2.24) is 9.13 Å². The van der Waals surface area contributed by atoms with E-state index in [9.17, 15) is 13.2 Å². The number of aromatic nitrogens is 2. The van der Waals surface area contributed by atoms with Gasteiger partial charge in [-0.3, -0.25) is 0 Å². The van der Waals surface area contributed by atoms with Gasteiger partial charge in [0.05, 0.1) is 44.6 Å². The normalized spacial score (nSPS) is 12.6. The van der Waals surface area contributed by atoms with Crippen molar-refractivity contribution in [3.8, 4) is 22.5 Å². The zero-order valence-corrected chi connectivity index (χ0v) is 25.7. The van der Waals surface area contributed by atoms with E-state index < -0.39 is 23.5 Å². The van der Waals surface area contributed by atoms with E-state index in [1.165, 1.54) is 18.2 Å². The molecule has 2 aromatic heterocycles. The molecule has 0 bridgehead atoms. The molecule has 0 amide bonds. The van der Waals surface area contributed by atoms with Crippen LogP contribution in [0.2, 0.25) is 0 Å². The Balaban J connectivity index is 1.68. The molecule has 6 aromatic carbocycles. The minimum atomic E-state index is -4.81. The Bertz CT molecular complexity index is 2420. The van der Waals surface area contributed by atoms with Crippen LogP contribution in [0.3, 0.4) is 0 Å². The minimum absolute atomic E-state index is 0.00320. The third-order valence-electron chi connectivity index (χ3n) is 9.20. The zero-order chi connectivity index (χ0) is 33.5. The van der Waals surface area contributed by atoms with E-state index >= 15 is 13.2 Å². The summed E-state index contributed by atoms with van der Waals surface area (Å²) in [6, 6.07) is 32.9. The molecule has 0 aliphatic carbocycles. The Labute approximate surface area is 271 Å². The van der Waals surface area contributed by atoms with E-state index in [0.29, 0.717) is 22.1 Å². The Morgan fingerprint density at radius 3 is 1.38 bits per heavy atom. The van der Waals surface area contributed by atoms with Gasteiger partial charge < -0.3 is 9.13 Å². The number of aryl methyl sites for hydroxylation is 2. The number of nitrogens with zero attached hydrogens (tertiary/aromatic N) is 2. The third kappa shape index (κ3) is 4.43. The molecule has 0 saturated heterocycles. The van der Waals surface area contributed by atoms with E-state index in [2.05, 4.69) is 0 Å². The van der Waals surface area contributed by atoms with Crippen molar-refractivity contribution in [3.05, 3.63) is 144 Å². The van der Waals surface area contributed by atoms with Crippen LogP contribution in [0.5, 0.6) is 0 Å². The second-order valence-electron chi connectivity index (χ2n) is 12.1. The van der Waals surface area contributed by atoms with Crippen molar-refractivity contribution in [2.45, 2.75) is 26.2 Å². The molecular formula is C40H26F6N2. The first-order chi connectivity index (χ1) is 22.9. The number of rotatable bonds is 3. The molecule has 8 heteroatoms. The first-order valence-corrected chi connectivity index (χ1v) is 15.4. The minimum Gasteiger partial charge on any atom is -0.308 e. The van der Waals surface area contributed by atoms with E-state index in [-0.39, 0.29) is 22.5 Å². The monoisotopic (exact) mass is 648 g/mol. The van der Waals surface area contributed by atoms with Crippen LogP contribution in [0.25, 0.3) is 66.1 Å². The van der Waals surface area contributed by atoms with Crippen LogP contribution in [-0.4, -0.2) is 9.13 Å². The molecule has 0 fully saturated rings. The van der Waals surface area contributed by atoms with Crippen LogP contribution in [0, 0.1) is 13.8 Å². The van der Waals surface area contributed by atoms with Crippen molar-refractivity contribution in [3.63, 3.8) is 0 Å². The molecule has 0 spiro atoms. The summed E-state index contributed by atoms with van der Waals surface area (Å²) in [4.78, 5) is 0. The lowest BCUT2D eigenvalue weighted by Crippen LogP contribution is -2.13. The molecule has 0 aliphatic rings. The largest absolute Gasteiger partial charge is 0.417 e. The number of fused-ring (bicyclic) bond motifs is 6. The van der Waals surface area contributed by atoms with Gasteiger partial charge in [-0.25, -0.2) is 0 Å². The molecule has 0 atom stereocenters. The summed E-state index contributed by atoms with van der Waals surface area (Å²) in [7, 11) is 0. The average molecular weight is 649 g/mol. The first-order valence-electron chi connectivity index (χ1n) is 15.4. The summed E-state index contributed by atoms with van der Waals surface area (Å²) in [5.74, 6) is 0. The maximum absolute atomic E-state index is 15.0. The van der Waals surface area contributed by atoms with Gasteiger partial charge in [0.15, 0.2) is 0 Å². The Morgan fingerprint density at radius 2 is 0.896 bits per heavy atom. The molecule has 48 heavy (non-hydrogen) atoms. The summed E-state index contributed by atoms with van der Waals surface area (Å²) in [5.41, 5.74) is 1.83. The topological polar surface area (TPSA) is 9.86 Å². The number of alkyl halides is 6. The number of benzene rings is 6. The van der Waals surface area contributed by atoms with E-state index in [1.807, 2.05) is 74.5 Å². The fourth-order valence-electron chi connectivity index (χ4n) is 7.23. The number of halogens is 6. The van der Waals surface area contributed by atoms with Gasteiger partial charge in [-0.05, 0) is 60.9 Å². The lowest BCUT2D eigenvalue weighted by Gasteiger charge is -2.25. The molecule has 8 rings (SSSR count). The predicted octanol–water partition coefficient (Wildman–Crippen LogP) is 12.2. The van der Waals surface area contributed by atoms with Crippen molar-refractivity contribution >= 4 is 43.6 Å². The fourth-order valence-corrected chi connectivity index (χ4v) is 7.23. The molecule has 8 aromatic rings. The molecule has 238 valence electrons. The van der Waals surface area contributed by atoms with Gasteiger partial charge in [-0.1, -0.05) is 91.0 Å². The number of hydrogen-bond donors (Lipinski definition) is 0. The van der Waals surface area contributed by atoms with E-state index in [0.717, 1.165) is 50.9 Å². The van der Waals surface area contributed by atoms with Crippen LogP contribution in [-0.2, 0) is 12.4 Å². The van der Waals surface area contributed by atoms with E-state index in [1.54, 1.807) is 33.4 Å². The number of hydrogen-bond acceptors (Lipinski definition) is 0. The maximum Gasteiger partial charge on any atom is 0.417 e. The molecule has 0 saturated carbocycles. The molecular weight excluding hydrogens is 622 g/mol. The van der Waals surface area contributed by atoms with Crippen molar-refractivity contribution in [2.75, 3.05) is 0 Å². The van der Waals surface area contributed by atoms with Crippen molar-refractivity contribution in [1.29, 1.82) is 0 Å². The second kappa shape index (κ2) is 10.5. The second-order valence-corrected chi connectivity index (χ2v) is 12.1. The predicted molar refractivity (Wildman–Crippen MR) is 180 cm³/mol. The van der Waals surface area contributed by atoms with Crippen molar-refractivity contribution in [2.24, 2.45) is 0 Å². The van der Waals surface area contributed by atoms with Gasteiger partial charge in [0.1, 0.15) is 0 Å². The van der Waals surface area contributed by atoms with Gasteiger partial charge in [0.2, 0.25) is 0 Å². The van der Waals surface area contributed by atoms with Gasteiger partial charge in [0, 0.05) is 27.1 Å². The summed E-state index contributed by atoms with van der Waals surface area (Å²) in [6.07, 6.45) is -9.60. The van der Waals surface area contributed by atoms with Gasteiger partial charge in [0.25, 0.3) is 0 Å². The highest BCUT2D eigenvalue weighted by molar-refractivity contribution is 6.13. The third-order valence-corrected chi connectivity index (χ3v) is 9.20. The first kappa shape index (κ1) is 29.9. The van der Waals surface area contributed by atoms with Crippen LogP contribution >= 0.6 is 0 Å². The van der Waals surface area contributed by atoms with Gasteiger partial charge >= 0.3 is 12.4 Å². The Morgan fingerprint density at radius 1 is 0.458 bits per heavy atom. The fraction of sp³-hybridized carbons (Fsp3) is 0.100. The maximum atomic E-state index is 15.0. The van der Waals surface area contributed by atoms with Crippen LogP contribution < -0.4 is 0 Å². The molecule has 0 unspecified atom stereocenters. The highest BCUT2D eigenvalue weighted by Gasteiger charge is 2.38. The molecule has 2 nitrogen and oxygen atoms in total. The Kier molecular flexibility index (Phi) is 6.54. The lowest BCUT2D eigenvalue weighted by atomic mass is 9.93.